The lowest BCUT2D eigenvalue weighted by molar-refractivity contribution is -0.128. The van der Waals surface area contributed by atoms with Crippen molar-refractivity contribution >= 4 is 5.65 Å². The summed E-state index contributed by atoms with van der Waals surface area (Å²) < 4.78 is 37.7. The van der Waals surface area contributed by atoms with Crippen LogP contribution in [0.4, 0.5) is 13.2 Å². The van der Waals surface area contributed by atoms with E-state index in [0.29, 0.717) is 5.56 Å². The number of rotatable bonds is 1. The van der Waals surface area contributed by atoms with Crippen molar-refractivity contribution in [3.63, 3.8) is 0 Å². The maximum atomic E-state index is 12.2. The minimum absolute atomic E-state index is 0.188. The summed E-state index contributed by atoms with van der Waals surface area (Å²) in [5.41, 5.74) is 0.566. The molecular formula is C9H5F3N4. The van der Waals surface area contributed by atoms with Gasteiger partial charge in [0.05, 0.1) is 11.6 Å². The number of aromatic nitrogens is 3. The number of pyridine rings is 1. The van der Waals surface area contributed by atoms with Gasteiger partial charge < -0.3 is 0 Å². The number of fused-ring (bicyclic) bond motifs is 1. The fourth-order valence-corrected chi connectivity index (χ4v) is 1.31. The molecule has 0 aliphatic heterocycles. The summed E-state index contributed by atoms with van der Waals surface area (Å²) >= 11 is 0. The van der Waals surface area contributed by atoms with Crippen LogP contribution in [0.25, 0.3) is 5.65 Å². The molecule has 0 fully saturated rings. The molecule has 0 unspecified atom stereocenters. The van der Waals surface area contributed by atoms with Gasteiger partial charge in [-0.25, -0.2) is 0 Å². The molecule has 0 aromatic carbocycles. The molecule has 0 N–H and O–H groups in total. The lowest BCUT2D eigenvalue weighted by atomic mass is 10.3. The third-order valence-corrected chi connectivity index (χ3v) is 1.97. The van der Waals surface area contributed by atoms with Crippen molar-refractivity contribution in [1.29, 1.82) is 5.26 Å². The zero-order valence-electron chi connectivity index (χ0n) is 7.86. The Kier molecular flexibility index (Phi) is 2.27. The van der Waals surface area contributed by atoms with Crippen LogP contribution in [-0.2, 0) is 6.42 Å². The van der Waals surface area contributed by atoms with Crippen molar-refractivity contribution in [3.8, 4) is 6.07 Å². The van der Waals surface area contributed by atoms with Crippen LogP contribution < -0.4 is 0 Å². The first-order valence-corrected chi connectivity index (χ1v) is 4.30. The molecule has 2 heterocycles. The van der Waals surface area contributed by atoms with Crippen molar-refractivity contribution in [3.05, 3.63) is 29.7 Å². The van der Waals surface area contributed by atoms with Crippen LogP contribution >= 0.6 is 0 Å². The van der Waals surface area contributed by atoms with Gasteiger partial charge in [-0.15, -0.1) is 10.2 Å². The van der Waals surface area contributed by atoms with E-state index in [1.54, 1.807) is 0 Å². The molecule has 0 spiro atoms. The standard InChI is InChI=1S/C9H5F3N4/c10-9(11,12)4-8-15-14-7-3-6(5-13)1-2-16(7)8/h1-3H,4H2. The second-order valence-corrected chi connectivity index (χ2v) is 3.16. The molecule has 82 valence electrons. The van der Waals surface area contributed by atoms with E-state index < -0.39 is 12.6 Å². The Morgan fingerprint density at radius 2 is 2.12 bits per heavy atom. The second kappa shape index (κ2) is 3.48. The average molecular weight is 226 g/mol. The SMILES string of the molecule is N#Cc1ccn2c(CC(F)(F)F)nnc2c1. The third kappa shape index (κ3) is 1.95. The summed E-state index contributed by atoms with van der Waals surface area (Å²) in [7, 11) is 0. The molecule has 2 aromatic rings. The van der Waals surface area contributed by atoms with Gasteiger partial charge in [0.15, 0.2) is 5.65 Å². The summed E-state index contributed by atoms with van der Waals surface area (Å²) in [5.74, 6) is -0.188. The molecule has 7 heteroatoms. The fraction of sp³-hybridized carbons (Fsp3) is 0.222. The molecular weight excluding hydrogens is 221 g/mol. The summed E-state index contributed by atoms with van der Waals surface area (Å²) in [6.07, 6.45) is -4.11. The molecule has 0 amide bonds. The Labute approximate surface area is 87.9 Å². The molecule has 0 aliphatic rings. The molecule has 0 saturated heterocycles. The lowest BCUT2D eigenvalue weighted by Crippen LogP contribution is -2.14. The summed E-state index contributed by atoms with van der Waals surface area (Å²) in [6, 6.07) is 4.67. The maximum absolute atomic E-state index is 12.2. The molecule has 4 nitrogen and oxygen atoms in total. The first kappa shape index (κ1) is 10.4. The molecule has 0 bridgehead atoms. The van der Waals surface area contributed by atoms with Gasteiger partial charge in [-0.2, -0.15) is 18.4 Å². The lowest BCUT2D eigenvalue weighted by Gasteiger charge is -2.03. The number of nitrogens with zero attached hydrogens (tertiary/aromatic N) is 4. The highest BCUT2D eigenvalue weighted by molar-refractivity contribution is 5.45. The van der Waals surface area contributed by atoms with Crippen molar-refractivity contribution in [2.45, 2.75) is 12.6 Å². The van der Waals surface area contributed by atoms with E-state index in [2.05, 4.69) is 10.2 Å². The van der Waals surface area contributed by atoms with Gasteiger partial charge in [0.25, 0.3) is 0 Å². The van der Waals surface area contributed by atoms with Gasteiger partial charge in [0.1, 0.15) is 12.2 Å². The Balaban J connectivity index is 2.47. The molecule has 2 aromatic heterocycles. The van der Waals surface area contributed by atoms with Crippen LogP contribution in [0.15, 0.2) is 18.3 Å². The molecule has 0 aliphatic carbocycles. The number of alkyl halides is 3. The largest absolute Gasteiger partial charge is 0.396 e. The average Bonchev–Trinajstić information content (AvgIpc) is 2.58. The highest BCUT2D eigenvalue weighted by Crippen LogP contribution is 2.20. The first-order chi connectivity index (χ1) is 7.49. The second-order valence-electron chi connectivity index (χ2n) is 3.16. The molecule has 2 rings (SSSR count). The van der Waals surface area contributed by atoms with E-state index in [4.69, 9.17) is 5.26 Å². The first-order valence-electron chi connectivity index (χ1n) is 4.30. The van der Waals surface area contributed by atoms with E-state index in [9.17, 15) is 13.2 Å². The maximum Gasteiger partial charge on any atom is 0.396 e. The number of halogens is 3. The summed E-state index contributed by atoms with van der Waals surface area (Å²) in [6.45, 7) is 0. The van der Waals surface area contributed by atoms with Gasteiger partial charge in [0, 0.05) is 12.3 Å². The minimum atomic E-state index is -4.32. The smallest absolute Gasteiger partial charge is 0.286 e. The van der Waals surface area contributed by atoms with Crippen molar-refractivity contribution in [2.24, 2.45) is 0 Å². The Morgan fingerprint density at radius 1 is 1.38 bits per heavy atom. The Bertz CT molecular complexity index is 564. The normalized spacial score (nSPS) is 11.6. The predicted octanol–water partition coefficient (Wildman–Crippen LogP) is 1.71. The molecule has 16 heavy (non-hydrogen) atoms. The van der Waals surface area contributed by atoms with Crippen molar-refractivity contribution in [1.82, 2.24) is 14.6 Å². The van der Waals surface area contributed by atoms with Crippen LogP contribution in [0.2, 0.25) is 0 Å². The van der Waals surface area contributed by atoms with Crippen molar-refractivity contribution in [2.75, 3.05) is 0 Å². The van der Waals surface area contributed by atoms with Gasteiger partial charge in [-0.3, -0.25) is 4.40 Å². The van der Waals surface area contributed by atoms with Crippen LogP contribution in [0.5, 0.6) is 0 Å². The third-order valence-electron chi connectivity index (χ3n) is 1.97. The zero-order chi connectivity index (χ0) is 11.8. The fourth-order valence-electron chi connectivity index (χ4n) is 1.31. The monoisotopic (exact) mass is 226 g/mol. The summed E-state index contributed by atoms with van der Waals surface area (Å²) in [5, 5.41) is 15.6. The van der Waals surface area contributed by atoms with Crippen molar-refractivity contribution < 1.29 is 13.2 Å². The van der Waals surface area contributed by atoms with E-state index in [-0.39, 0.29) is 11.5 Å². The zero-order valence-corrected chi connectivity index (χ0v) is 7.86. The number of hydrogen-bond donors (Lipinski definition) is 0. The van der Waals surface area contributed by atoms with Gasteiger partial charge in [0.2, 0.25) is 0 Å². The van der Waals surface area contributed by atoms with Gasteiger partial charge in [-0.1, -0.05) is 0 Å². The van der Waals surface area contributed by atoms with E-state index in [1.807, 2.05) is 6.07 Å². The van der Waals surface area contributed by atoms with Gasteiger partial charge in [-0.05, 0) is 6.07 Å². The van der Waals surface area contributed by atoms with Crippen LogP contribution in [-0.4, -0.2) is 20.8 Å². The highest BCUT2D eigenvalue weighted by atomic mass is 19.4. The number of hydrogen-bond acceptors (Lipinski definition) is 3. The molecule has 0 saturated carbocycles. The molecule has 0 atom stereocenters. The highest BCUT2D eigenvalue weighted by Gasteiger charge is 2.30. The Morgan fingerprint density at radius 3 is 2.75 bits per heavy atom. The molecule has 0 radical (unpaired) electrons. The van der Waals surface area contributed by atoms with E-state index in [1.165, 1.54) is 22.7 Å². The van der Waals surface area contributed by atoms with E-state index in [0.717, 1.165) is 0 Å². The predicted molar refractivity (Wildman–Crippen MR) is 47.5 cm³/mol. The van der Waals surface area contributed by atoms with Crippen LogP contribution in [0.1, 0.15) is 11.4 Å². The topological polar surface area (TPSA) is 54.0 Å². The quantitative estimate of drug-likeness (QED) is 0.743. The minimum Gasteiger partial charge on any atom is -0.286 e. The number of nitriles is 1. The summed E-state index contributed by atoms with van der Waals surface area (Å²) in [4.78, 5) is 0. The van der Waals surface area contributed by atoms with Crippen LogP contribution in [0, 0.1) is 11.3 Å². The van der Waals surface area contributed by atoms with Crippen LogP contribution in [0.3, 0.4) is 0 Å². The van der Waals surface area contributed by atoms with E-state index >= 15 is 0 Å². The van der Waals surface area contributed by atoms with Gasteiger partial charge >= 0.3 is 6.18 Å². The Hall–Kier alpha value is -2.10.